The maximum Gasteiger partial charge on any atom is 0.333 e. The molecule has 0 spiro atoms. The van der Waals surface area contributed by atoms with Gasteiger partial charge in [0.1, 0.15) is 11.2 Å². The first-order valence-corrected chi connectivity index (χ1v) is 13.8. The van der Waals surface area contributed by atoms with Crippen molar-refractivity contribution < 1.29 is 14.0 Å². The summed E-state index contributed by atoms with van der Waals surface area (Å²) in [5.41, 5.74) is 3.24. The van der Waals surface area contributed by atoms with E-state index < -0.39 is 5.91 Å². The number of fused-ring (bicyclic) bond motifs is 2. The molecule has 9 nitrogen and oxygen atoms in total. The van der Waals surface area contributed by atoms with E-state index in [0.29, 0.717) is 50.0 Å². The molecule has 0 radical (unpaired) electrons. The summed E-state index contributed by atoms with van der Waals surface area (Å²) >= 11 is 9.58. The van der Waals surface area contributed by atoms with Gasteiger partial charge in [-0.1, -0.05) is 41.9 Å². The van der Waals surface area contributed by atoms with Crippen LogP contribution in [-0.2, 0) is 19.6 Å². The van der Waals surface area contributed by atoms with Gasteiger partial charge in [-0.25, -0.2) is 9.78 Å². The van der Waals surface area contributed by atoms with Gasteiger partial charge in [-0.2, -0.15) is 0 Å². The van der Waals surface area contributed by atoms with Crippen LogP contribution in [0.3, 0.4) is 0 Å². The minimum absolute atomic E-state index is 0.0775. The number of aromatic nitrogens is 3. The highest BCUT2D eigenvalue weighted by atomic mass is 79.9. The van der Waals surface area contributed by atoms with Gasteiger partial charge in [-0.3, -0.25) is 18.7 Å². The van der Waals surface area contributed by atoms with Crippen molar-refractivity contribution in [2.45, 2.75) is 26.6 Å². The van der Waals surface area contributed by atoms with Crippen molar-refractivity contribution in [1.82, 2.24) is 24.3 Å². The molecule has 0 bridgehead atoms. The number of carbonyl (C=O) groups excluding carboxylic acids is 2. The molecular formula is C29H23BrClN5O4. The molecule has 2 amide bonds. The van der Waals surface area contributed by atoms with Gasteiger partial charge in [0.25, 0.3) is 11.8 Å². The third-order valence-corrected chi connectivity index (χ3v) is 8.11. The molecule has 202 valence electrons. The molecule has 2 aromatic heterocycles. The number of amides is 2. The van der Waals surface area contributed by atoms with Gasteiger partial charge >= 0.3 is 5.69 Å². The molecule has 6 rings (SSSR count). The van der Waals surface area contributed by atoms with E-state index in [0.717, 1.165) is 5.56 Å². The molecule has 1 aliphatic rings. The lowest BCUT2D eigenvalue weighted by Gasteiger charge is -2.28. The SMILES string of the molecule is Cc1nc2cc(-n3c(C(=O)NCc4ccccc4)c4n(c3=O)CCN(C(=O)c3ccc(Br)c(Cl)c3)C4)ccc2o1. The van der Waals surface area contributed by atoms with Crippen LogP contribution < -0.4 is 11.0 Å². The van der Waals surface area contributed by atoms with Crippen LogP contribution in [0.25, 0.3) is 16.8 Å². The monoisotopic (exact) mass is 619 g/mol. The molecule has 1 aliphatic heterocycles. The number of aryl methyl sites for hydroxylation is 1. The summed E-state index contributed by atoms with van der Waals surface area (Å²) < 4.78 is 9.24. The molecule has 0 aliphatic carbocycles. The lowest BCUT2D eigenvalue weighted by molar-refractivity contribution is 0.0706. The topological polar surface area (TPSA) is 102 Å². The van der Waals surface area contributed by atoms with E-state index in [1.165, 1.54) is 4.57 Å². The number of benzene rings is 3. The third-order valence-electron chi connectivity index (χ3n) is 6.88. The molecular weight excluding hydrogens is 598 g/mol. The van der Waals surface area contributed by atoms with Crippen molar-refractivity contribution in [2.24, 2.45) is 0 Å². The van der Waals surface area contributed by atoms with Crippen LogP contribution in [0.4, 0.5) is 0 Å². The minimum Gasteiger partial charge on any atom is -0.441 e. The fourth-order valence-electron chi connectivity index (χ4n) is 4.95. The standard InChI is InChI=1S/C29H23BrClN5O4/c1-17-33-23-14-20(8-10-25(23)40-17)36-26(27(37)32-15-18-5-3-2-4-6-18)24-16-34(11-12-35(24)29(36)39)28(38)19-7-9-21(30)22(31)13-19/h2-10,13-14H,11-12,15-16H2,1H3,(H,32,37). The van der Waals surface area contributed by atoms with Crippen LogP contribution >= 0.6 is 27.5 Å². The van der Waals surface area contributed by atoms with Gasteiger partial charge in [0.05, 0.1) is 22.9 Å². The number of imidazole rings is 1. The average molecular weight is 621 g/mol. The molecule has 1 N–H and O–H groups in total. The van der Waals surface area contributed by atoms with E-state index in [9.17, 15) is 14.4 Å². The molecule has 5 aromatic rings. The zero-order valence-corrected chi connectivity index (χ0v) is 23.7. The molecule has 0 saturated carbocycles. The van der Waals surface area contributed by atoms with E-state index in [1.54, 1.807) is 52.8 Å². The summed E-state index contributed by atoms with van der Waals surface area (Å²) in [4.78, 5) is 46.9. The fourth-order valence-corrected chi connectivity index (χ4v) is 5.38. The number of nitrogens with zero attached hydrogens (tertiary/aromatic N) is 4. The Hall–Kier alpha value is -4.15. The first kappa shape index (κ1) is 26.1. The van der Waals surface area contributed by atoms with Gasteiger partial charge in [-0.15, -0.1) is 0 Å². The fraction of sp³-hybridized carbons (Fsp3) is 0.172. The Bertz CT molecular complexity index is 1840. The predicted octanol–water partition coefficient (Wildman–Crippen LogP) is 5.09. The molecule has 3 aromatic carbocycles. The number of halogens is 2. The summed E-state index contributed by atoms with van der Waals surface area (Å²) in [5, 5.41) is 3.37. The van der Waals surface area contributed by atoms with Crippen molar-refractivity contribution in [2.75, 3.05) is 6.54 Å². The van der Waals surface area contributed by atoms with Crippen molar-refractivity contribution >= 4 is 50.4 Å². The van der Waals surface area contributed by atoms with Gasteiger partial charge < -0.3 is 14.6 Å². The van der Waals surface area contributed by atoms with Crippen LogP contribution in [0, 0.1) is 6.92 Å². The lowest BCUT2D eigenvalue weighted by Crippen LogP contribution is -2.41. The van der Waals surface area contributed by atoms with Gasteiger partial charge in [0.15, 0.2) is 11.5 Å². The second kappa shape index (κ2) is 10.4. The van der Waals surface area contributed by atoms with Crippen LogP contribution in [-0.4, -0.2) is 37.4 Å². The van der Waals surface area contributed by atoms with Crippen molar-refractivity contribution in [3.05, 3.63) is 115 Å². The Morgan fingerprint density at radius 3 is 2.65 bits per heavy atom. The molecule has 0 atom stereocenters. The summed E-state index contributed by atoms with van der Waals surface area (Å²) in [5.74, 6) is -0.165. The molecule has 3 heterocycles. The molecule has 11 heteroatoms. The first-order valence-electron chi connectivity index (χ1n) is 12.6. The second-order valence-corrected chi connectivity index (χ2v) is 10.7. The van der Waals surface area contributed by atoms with Crippen molar-refractivity contribution in [1.29, 1.82) is 0 Å². The number of hydrogen-bond acceptors (Lipinski definition) is 5. The van der Waals surface area contributed by atoms with Gasteiger partial charge in [0.2, 0.25) is 0 Å². The summed E-state index contributed by atoms with van der Waals surface area (Å²) in [7, 11) is 0. The highest BCUT2D eigenvalue weighted by Gasteiger charge is 2.32. The van der Waals surface area contributed by atoms with Gasteiger partial charge in [-0.05, 0) is 57.9 Å². The van der Waals surface area contributed by atoms with Crippen LogP contribution in [0.2, 0.25) is 5.02 Å². The summed E-state index contributed by atoms with van der Waals surface area (Å²) in [6, 6.07) is 19.7. The predicted molar refractivity (Wildman–Crippen MR) is 154 cm³/mol. The quantitative estimate of drug-likeness (QED) is 0.295. The maximum atomic E-state index is 13.8. The maximum absolute atomic E-state index is 13.8. The smallest absolute Gasteiger partial charge is 0.333 e. The zero-order chi connectivity index (χ0) is 28.0. The number of carbonyl (C=O) groups is 2. The number of oxazole rings is 1. The average Bonchev–Trinajstić information content (AvgIpc) is 3.48. The molecule has 0 saturated heterocycles. The Kier molecular flexibility index (Phi) is 6.81. The lowest BCUT2D eigenvalue weighted by atomic mass is 10.1. The molecule has 0 unspecified atom stereocenters. The van der Waals surface area contributed by atoms with Crippen LogP contribution in [0.15, 0.2) is 80.4 Å². The summed E-state index contributed by atoms with van der Waals surface area (Å²) in [6.45, 7) is 2.64. The van der Waals surface area contributed by atoms with Crippen LogP contribution in [0.5, 0.6) is 0 Å². The highest BCUT2D eigenvalue weighted by Crippen LogP contribution is 2.27. The summed E-state index contributed by atoms with van der Waals surface area (Å²) in [6.07, 6.45) is 0. The third kappa shape index (κ3) is 4.73. The largest absolute Gasteiger partial charge is 0.441 e. The van der Waals surface area contributed by atoms with Crippen LogP contribution in [0.1, 0.15) is 38.0 Å². The van der Waals surface area contributed by atoms with Crippen molar-refractivity contribution in [3.8, 4) is 5.69 Å². The van der Waals surface area contributed by atoms with E-state index >= 15 is 0 Å². The minimum atomic E-state index is -0.424. The van der Waals surface area contributed by atoms with Gasteiger partial charge in [0, 0.05) is 36.6 Å². The highest BCUT2D eigenvalue weighted by molar-refractivity contribution is 9.10. The Morgan fingerprint density at radius 2 is 1.88 bits per heavy atom. The first-order chi connectivity index (χ1) is 19.3. The Morgan fingerprint density at radius 1 is 1.07 bits per heavy atom. The van der Waals surface area contributed by atoms with E-state index in [4.69, 9.17) is 16.0 Å². The Labute approximate surface area is 242 Å². The second-order valence-electron chi connectivity index (χ2n) is 9.47. The van der Waals surface area contributed by atoms with Crippen molar-refractivity contribution in [3.63, 3.8) is 0 Å². The number of hydrogen-bond donors (Lipinski definition) is 1. The van der Waals surface area contributed by atoms with E-state index in [-0.39, 0.29) is 36.9 Å². The van der Waals surface area contributed by atoms with E-state index in [1.807, 2.05) is 30.3 Å². The van der Waals surface area contributed by atoms with E-state index in [2.05, 4.69) is 26.2 Å². The zero-order valence-electron chi connectivity index (χ0n) is 21.4. The normalized spacial score (nSPS) is 12.9. The number of nitrogens with one attached hydrogen (secondary N) is 1. The number of rotatable bonds is 5. The molecule has 40 heavy (non-hydrogen) atoms. The molecule has 0 fully saturated rings. The Balaban J connectivity index is 1.42.